The Kier molecular flexibility index (Phi) is 7.01. The number of nitrogens with one attached hydrogen (secondary N) is 1. The predicted molar refractivity (Wildman–Crippen MR) is 108 cm³/mol. The number of imidazole rings is 1. The number of halogens is 2. The Bertz CT molecular complexity index is 943. The second-order valence-electron chi connectivity index (χ2n) is 5.67. The molecule has 0 radical (unpaired) electrons. The number of para-hydroxylation sites is 1. The summed E-state index contributed by atoms with van der Waals surface area (Å²) in [4.78, 5) is 12.0. The Hall–Kier alpha value is -2.56. The summed E-state index contributed by atoms with van der Waals surface area (Å²) in [5.74, 6) is 1.67. The third-order valence-electron chi connectivity index (χ3n) is 3.87. The molecule has 0 saturated heterocycles. The zero-order valence-electron chi connectivity index (χ0n) is 14.0. The smallest absolute Gasteiger partial charge is 0.146 e. The molecule has 2 heterocycles. The first-order valence-electron chi connectivity index (χ1n) is 7.91. The Morgan fingerprint density at radius 1 is 0.846 bits per heavy atom. The van der Waals surface area contributed by atoms with Gasteiger partial charge in [0.15, 0.2) is 0 Å². The molecule has 0 aliphatic rings. The minimum absolute atomic E-state index is 0. The molecule has 0 amide bonds. The van der Waals surface area contributed by atoms with Gasteiger partial charge in [0.1, 0.15) is 18.2 Å². The number of aromatic amines is 1. The average Bonchev–Trinajstić information content (AvgIpc) is 3.04. The molecule has 0 aliphatic carbocycles. The number of H-pyrrole nitrogens is 1. The molecule has 2 aromatic heterocycles. The molecule has 1 N–H and O–H groups in total. The molecular formula is C20H19Cl2N3O. The molecule has 4 rings (SSSR count). The first kappa shape index (κ1) is 19.8. The number of aromatic nitrogens is 3. The number of benzene rings is 2. The number of hydrogen-bond donors (Lipinski definition) is 1. The molecule has 2 aromatic carbocycles. The molecule has 0 aliphatic heterocycles. The van der Waals surface area contributed by atoms with E-state index in [4.69, 9.17) is 4.74 Å². The van der Waals surface area contributed by atoms with Gasteiger partial charge in [-0.3, -0.25) is 4.98 Å². The zero-order chi connectivity index (χ0) is 16.2. The Morgan fingerprint density at radius 3 is 2.38 bits per heavy atom. The van der Waals surface area contributed by atoms with Gasteiger partial charge in [-0.1, -0.05) is 24.3 Å². The Balaban J connectivity index is 0.00000121. The molecule has 0 spiro atoms. The molecular weight excluding hydrogens is 369 g/mol. The quantitative estimate of drug-likeness (QED) is 0.525. The van der Waals surface area contributed by atoms with Crippen molar-refractivity contribution >= 4 is 35.8 Å². The van der Waals surface area contributed by atoms with Crippen LogP contribution in [0.2, 0.25) is 0 Å². The van der Waals surface area contributed by atoms with Crippen LogP contribution >= 0.6 is 24.8 Å². The minimum atomic E-state index is 0. The topological polar surface area (TPSA) is 50.8 Å². The SMILES string of the molecule is Cl.Cl.c1ccc(OCc2nc3cc(Cc4ccncc4)ccc3[nH]2)cc1. The van der Waals surface area contributed by atoms with Crippen LogP contribution in [0.5, 0.6) is 5.75 Å². The summed E-state index contributed by atoms with van der Waals surface area (Å²) in [7, 11) is 0. The number of pyridine rings is 1. The van der Waals surface area contributed by atoms with Gasteiger partial charge < -0.3 is 9.72 Å². The van der Waals surface area contributed by atoms with Gasteiger partial charge in [0.05, 0.1) is 11.0 Å². The maximum Gasteiger partial charge on any atom is 0.146 e. The third kappa shape index (κ3) is 4.75. The first-order valence-corrected chi connectivity index (χ1v) is 7.91. The Labute approximate surface area is 164 Å². The lowest BCUT2D eigenvalue weighted by Crippen LogP contribution is -1.96. The molecule has 0 bridgehead atoms. The van der Waals surface area contributed by atoms with Crippen molar-refractivity contribution in [3.63, 3.8) is 0 Å². The fourth-order valence-electron chi connectivity index (χ4n) is 2.69. The fourth-order valence-corrected chi connectivity index (χ4v) is 2.69. The van der Waals surface area contributed by atoms with Crippen molar-refractivity contribution in [2.75, 3.05) is 0 Å². The van der Waals surface area contributed by atoms with Crippen LogP contribution in [0.4, 0.5) is 0 Å². The molecule has 4 nitrogen and oxygen atoms in total. The molecule has 4 aromatic rings. The summed E-state index contributed by atoms with van der Waals surface area (Å²) >= 11 is 0. The summed E-state index contributed by atoms with van der Waals surface area (Å²) in [6.45, 7) is 0.429. The fraction of sp³-hybridized carbons (Fsp3) is 0.100. The van der Waals surface area contributed by atoms with Crippen LogP contribution in [-0.2, 0) is 13.0 Å². The average molecular weight is 388 g/mol. The van der Waals surface area contributed by atoms with Gasteiger partial charge >= 0.3 is 0 Å². The minimum Gasteiger partial charge on any atom is -0.486 e. The molecule has 0 fully saturated rings. The second-order valence-corrected chi connectivity index (χ2v) is 5.67. The largest absolute Gasteiger partial charge is 0.486 e. The van der Waals surface area contributed by atoms with Crippen LogP contribution in [0, 0.1) is 0 Å². The highest BCUT2D eigenvalue weighted by Crippen LogP contribution is 2.18. The van der Waals surface area contributed by atoms with Crippen molar-refractivity contribution in [1.82, 2.24) is 15.0 Å². The van der Waals surface area contributed by atoms with Crippen LogP contribution in [0.1, 0.15) is 17.0 Å². The van der Waals surface area contributed by atoms with Gasteiger partial charge in [-0.05, 0) is 53.9 Å². The monoisotopic (exact) mass is 387 g/mol. The second kappa shape index (κ2) is 9.22. The number of ether oxygens (including phenoxy) is 1. The van der Waals surface area contributed by atoms with E-state index in [-0.39, 0.29) is 24.8 Å². The van der Waals surface area contributed by atoms with E-state index >= 15 is 0 Å². The normalized spacial score (nSPS) is 10.0. The molecule has 134 valence electrons. The van der Waals surface area contributed by atoms with E-state index in [1.807, 2.05) is 54.9 Å². The van der Waals surface area contributed by atoms with Gasteiger partial charge in [-0.15, -0.1) is 24.8 Å². The summed E-state index contributed by atoms with van der Waals surface area (Å²) in [6.07, 6.45) is 4.52. The third-order valence-corrected chi connectivity index (χ3v) is 3.87. The van der Waals surface area contributed by atoms with Crippen molar-refractivity contribution in [2.24, 2.45) is 0 Å². The van der Waals surface area contributed by atoms with Crippen LogP contribution in [0.3, 0.4) is 0 Å². The number of rotatable bonds is 5. The molecule has 26 heavy (non-hydrogen) atoms. The number of fused-ring (bicyclic) bond motifs is 1. The van der Waals surface area contributed by atoms with E-state index in [0.29, 0.717) is 6.61 Å². The maximum atomic E-state index is 5.75. The number of hydrogen-bond acceptors (Lipinski definition) is 3. The summed E-state index contributed by atoms with van der Waals surface area (Å²) in [5.41, 5.74) is 4.47. The zero-order valence-corrected chi connectivity index (χ0v) is 15.6. The van der Waals surface area contributed by atoms with E-state index in [9.17, 15) is 0 Å². The van der Waals surface area contributed by atoms with Crippen molar-refractivity contribution in [3.05, 3.63) is 90.0 Å². The van der Waals surface area contributed by atoms with Crippen molar-refractivity contribution in [1.29, 1.82) is 0 Å². The number of nitrogens with zero attached hydrogens (tertiary/aromatic N) is 2. The molecule has 0 atom stereocenters. The van der Waals surface area contributed by atoms with Crippen molar-refractivity contribution in [3.8, 4) is 5.75 Å². The summed E-state index contributed by atoms with van der Waals surface area (Å²) in [6, 6.07) is 20.2. The van der Waals surface area contributed by atoms with Crippen LogP contribution < -0.4 is 4.74 Å². The first-order chi connectivity index (χ1) is 11.9. The van der Waals surface area contributed by atoms with Gasteiger partial charge in [0.2, 0.25) is 0 Å². The van der Waals surface area contributed by atoms with Crippen LogP contribution in [0.25, 0.3) is 11.0 Å². The van der Waals surface area contributed by atoms with E-state index in [1.165, 1.54) is 11.1 Å². The van der Waals surface area contributed by atoms with Crippen molar-refractivity contribution < 1.29 is 4.74 Å². The predicted octanol–water partition coefficient (Wildman–Crippen LogP) is 4.97. The maximum absolute atomic E-state index is 5.75. The lowest BCUT2D eigenvalue weighted by atomic mass is 10.1. The summed E-state index contributed by atoms with van der Waals surface area (Å²) in [5, 5.41) is 0. The van der Waals surface area contributed by atoms with Crippen molar-refractivity contribution in [2.45, 2.75) is 13.0 Å². The molecule has 0 unspecified atom stereocenters. The highest BCUT2D eigenvalue weighted by Gasteiger charge is 2.05. The van der Waals surface area contributed by atoms with E-state index in [2.05, 4.69) is 33.2 Å². The molecule has 6 heteroatoms. The van der Waals surface area contributed by atoms with E-state index < -0.39 is 0 Å². The highest BCUT2D eigenvalue weighted by atomic mass is 35.5. The van der Waals surface area contributed by atoms with E-state index in [0.717, 1.165) is 29.0 Å². The lowest BCUT2D eigenvalue weighted by molar-refractivity contribution is 0.297. The van der Waals surface area contributed by atoms with Gasteiger partial charge in [0.25, 0.3) is 0 Å². The van der Waals surface area contributed by atoms with E-state index in [1.54, 1.807) is 0 Å². The van der Waals surface area contributed by atoms with Crippen LogP contribution in [-0.4, -0.2) is 15.0 Å². The van der Waals surface area contributed by atoms with Gasteiger partial charge in [0, 0.05) is 12.4 Å². The highest BCUT2D eigenvalue weighted by molar-refractivity contribution is 5.85. The van der Waals surface area contributed by atoms with Gasteiger partial charge in [-0.25, -0.2) is 4.98 Å². The summed E-state index contributed by atoms with van der Waals surface area (Å²) < 4.78 is 5.75. The van der Waals surface area contributed by atoms with Crippen LogP contribution in [0.15, 0.2) is 73.1 Å². The Morgan fingerprint density at radius 2 is 1.62 bits per heavy atom. The van der Waals surface area contributed by atoms with Gasteiger partial charge in [-0.2, -0.15) is 0 Å². The molecule has 0 saturated carbocycles. The standard InChI is InChI=1S/C20H17N3O.2ClH/c1-2-4-17(5-3-1)24-14-20-22-18-7-6-16(13-19(18)23-20)12-15-8-10-21-11-9-15;;/h1-11,13H,12,14H2,(H,22,23);2*1H. The lowest BCUT2D eigenvalue weighted by Gasteiger charge is -2.02.